The summed E-state index contributed by atoms with van der Waals surface area (Å²) in [5.41, 5.74) is 1.62. The van der Waals surface area contributed by atoms with E-state index in [-0.39, 0.29) is 17.0 Å². The minimum Gasteiger partial charge on any atom is -0.379 e. The molecule has 0 saturated carbocycles. The van der Waals surface area contributed by atoms with E-state index in [1.54, 1.807) is 28.8 Å². The number of carbonyl (C=O) groups is 1. The van der Waals surface area contributed by atoms with E-state index in [2.05, 4.69) is 4.90 Å². The van der Waals surface area contributed by atoms with Crippen molar-refractivity contribution in [3.8, 4) is 0 Å². The molecule has 0 N–H and O–H groups in total. The van der Waals surface area contributed by atoms with Gasteiger partial charge in [-0.1, -0.05) is 43.3 Å². The molecule has 3 aromatic rings. The topological polar surface area (TPSA) is 73.5 Å². The van der Waals surface area contributed by atoms with Gasteiger partial charge >= 0.3 is 5.69 Å². The number of carbonyl (C=O) groups excluding carboxylic acids is 1. The quantitative estimate of drug-likeness (QED) is 0.547. The van der Waals surface area contributed by atoms with Crippen molar-refractivity contribution in [3.63, 3.8) is 0 Å². The van der Waals surface area contributed by atoms with E-state index in [0.29, 0.717) is 55.7 Å². The highest BCUT2D eigenvalue weighted by molar-refractivity contribution is 5.95. The molecule has 1 aliphatic heterocycles. The molecule has 1 aromatic heterocycles. The summed E-state index contributed by atoms with van der Waals surface area (Å²) in [6.45, 7) is 6.09. The maximum absolute atomic E-state index is 13.3. The fourth-order valence-corrected chi connectivity index (χ4v) is 3.97. The van der Waals surface area contributed by atoms with E-state index in [4.69, 9.17) is 4.74 Å². The van der Waals surface area contributed by atoms with Gasteiger partial charge in [0.05, 0.1) is 30.7 Å². The fourth-order valence-electron chi connectivity index (χ4n) is 3.97. The number of hydrogen-bond acceptors (Lipinski definition) is 5. The van der Waals surface area contributed by atoms with Gasteiger partial charge in [0.1, 0.15) is 0 Å². The Hall–Kier alpha value is -3.03. The lowest BCUT2D eigenvalue weighted by atomic mass is 10.1. The number of morpholine rings is 1. The molecular formula is C24H27N3O4. The number of fused-ring (bicyclic) bond motifs is 1. The Kier molecular flexibility index (Phi) is 6.44. The average Bonchev–Trinajstić information content (AvgIpc) is 2.82. The molecule has 0 radical (unpaired) electrons. The lowest BCUT2D eigenvalue weighted by Crippen LogP contribution is -2.44. The van der Waals surface area contributed by atoms with Crippen LogP contribution in [0.2, 0.25) is 0 Å². The first-order chi connectivity index (χ1) is 15.1. The zero-order valence-electron chi connectivity index (χ0n) is 17.8. The molecule has 1 saturated heterocycles. The van der Waals surface area contributed by atoms with Crippen molar-refractivity contribution in [2.24, 2.45) is 0 Å². The van der Waals surface area contributed by atoms with Crippen LogP contribution in [-0.4, -0.2) is 52.7 Å². The summed E-state index contributed by atoms with van der Waals surface area (Å²) in [5, 5.41) is 0.529. The maximum atomic E-state index is 13.3. The SMILES string of the molecule is CCC(=O)c1ccc(Cn2c(=O)n(CCN3CCOCC3)c(=O)c3ccccc32)cc1. The Morgan fingerprint density at radius 2 is 1.65 bits per heavy atom. The van der Waals surface area contributed by atoms with Gasteiger partial charge in [0.2, 0.25) is 0 Å². The number of benzene rings is 2. The molecular weight excluding hydrogens is 394 g/mol. The van der Waals surface area contributed by atoms with Crippen LogP contribution in [0, 0.1) is 0 Å². The van der Waals surface area contributed by atoms with Gasteiger partial charge in [-0.3, -0.25) is 23.6 Å². The molecule has 2 aromatic carbocycles. The van der Waals surface area contributed by atoms with Crippen molar-refractivity contribution in [2.75, 3.05) is 32.8 Å². The van der Waals surface area contributed by atoms with E-state index in [1.165, 1.54) is 4.57 Å². The van der Waals surface area contributed by atoms with E-state index in [9.17, 15) is 14.4 Å². The Morgan fingerprint density at radius 3 is 2.35 bits per heavy atom. The highest BCUT2D eigenvalue weighted by Gasteiger charge is 2.16. The molecule has 1 fully saturated rings. The van der Waals surface area contributed by atoms with Crippen LogP contribution < -0.4 is 11.2 Å². The lowest BCUT2D eigenvalue weighted by Gasteiger charge is -2.26. The highest BCUT2D eigenvalue weighted by Crippen LogP contribution is 2.12. The van der Waals surface area contributed by atoms with Crippen LogP contribution in [-0.2, 0) is 17.8 Å². The lowest BCUT2D eigenvalue weighted by molar-refractivity contribution is 0.0361. The van der Waals surface area contributed by atoms with Gasteiger partial charge in [-0.25, -0.2) is 4.79 Å². The molecule has 0 spiro atoms. The Bertz CT molecular complexity index is 1190. The number of ketones is 1. The Morgan fingerprint density at radius 1 is 0.935 bits per heavy atom. The molecule has 1 aliphatic rings. The number of rotatable bonds is 7. The van der Waals surface area contributed by atoms with Gasteiger partial charge in [-0.15, -0.1) is 0 Å². The van der Waals surface area contributed by atoms with Crippen LogP contribution >= 0.6 is 0 Å². The predicted molar refractivity (Wildman–Crippen MR) is 120 cm³/mol. The Balaban J connectivity index is 1.69. The molecule has 162 valence electrons. The number of para-hydroxylation sites is 1. The van der Waals surface area contributed by atoms with Crippen molar-refractivity contribution >= 4 is 16.7 Å². The minimum absolute atomic E-state index is 0.0887. The first-order valence-corrected chi connectivity index (χ1v) is 10.7. The van der Waals surface area contributed by atoms with E-state index in [1.807, 2.05) is 31.2 Å². The predicted octanol–water partition coefficient (Wildman–Crippen LogP) is 2.14. The summed E-state index contributed by atoms with van der Waals surface area (Å²) in [6.07, 6.45) is 0.456. The first-order valence-electron chi connectivity index (χ1n) is 10.7. The number of aromatic nitrogens is 2. The van der Waals surface area contributed by atoms with Crippen LogP contribution in [0.3, 0.4) is 0 Å². The average molecular weight is 421 g/mol. The number of ether oxygens (including phenoxy) is 1. The van der Waals surface area contributed by atoms with Gasteiger partial charge in [-0.05, 0) is 17.7 Å². The molecule has 0 aliphatic carbocycles. The van der Waals surface area contributed by atoms with Crippen molar-refractivity contribution in [2.45, 2.75) is 26.4 Å². The van der Waals surface area contributed by atoms with Crippen molar-refractivity contribution in [1.82, 2.24) is 14.0 Å². The molecule has 0 unspecified atom stereocenters. The van der Waals surface area contributed by atoms with Crippen molar-refractivity contribution in [3.05, 3.63) is 80.5 Å². The zero-order valence-corrected chi connectivity index (χ0v) is 17.8. The second-order valence-corrected chi connectivity index (χ2v) is 7.77. The summed E-state index contributed by atoms with van der Waals surface area (Å²) >= 11 is 0. The van der Waals surface area contributed by atoms with Gasteiger partial charge in [0.25, 0.3) is 5.56 Å². The second-order valence-electron chi connectivity index (χ2n) is 7.77. The van der Waals surface area contributed by atoms with Gasteiger partial charge in [0, 0.05) is 38.2 Å². The highest BCUT2D eigenvalue weighted by atomic mass is 16.5. The monoisotopic (exact) mass is 421 g/mol. The van der Waals surface area contributed by atoms with Crippen LogP contribution in [0.4, 0.5) is 0 Å². The standard InChI is InChI=1S/C24H27N3O4/c1-2-22(28)19-9-7-18(8-10-19)17-27-21-6-4-3-5-20(21)23(29)26(24(27)30)12-11-25-13-15-31-16-14-25/h3-10H,2,11-17H2,1H3. The third kappa shape index (κ3) is 4.52. The maximum Gasteiger partial charge on any atom is 0.331 e. The summed E-state index contributed by atoms with van der Waals surface area (Å²) in [4.78, 5) is 40.5. The smallest absolute Gasteiger partial charge is 0.331 e. The third-order valence-corrected chi connectivity index (χ3v) is 5.81. The minimum atomic E-state index is -0.314. The van der Waals surface area contributed by atoms with Gasteiger partial charge in [-0.2, -0.15) is 0 Å². The molecule has 0 bridgehead atoms. The van der Waals surface area contributed by atoms with Gasteiger partial charge < -0.3 is 4.74 Å². The number of Topliss-reactive ketones (excluding diaryl/α,β-unsaturated/α-hetero) is 1. The number of nitrogens with zero attached hydrogens (tertiary/aromatic N) is 3. The summed E-state index contributed by atoms with van der Waals surface area (Å²) in [6, 6.07) is 14.5. The van der Waals surface area contributed by atoms with Gasteiger partial charge in [0.15, 0.2) is 5.78 Å². The normalized spacial score (nSPS) is 14.7. The van der Waals surface area contributed by atoms with Crippen molar-refractivity contribution < 1.29 is 9.53 Å². The molecule has 7 heteroatoms. The van der Waals surface area contributed by atoms with E-state index < -0.39 is 0 Å². The number of hydrogen-bond donors (Lipinski definition) is 0. The van der Waals surface area contributed by atoms with E-state index in [0.717, 1.165) is 18.7 Å². The van der Waals surface area contributed by atoms with E-state index >= 15 is 0 Å². The van der Waals surface area contributed by atoms with Crippen LogP contribution in [0.25, 0.3) is 10.9 Å². The third-order valence-electron chi connectivity index (χ3n) is 5.81. The molecule has 0 atom stereocenters. The first kappa shape index (κ1) is 21.2. The molecule has 7 nitrogen and oxygen atoms in total. The zero-order chi connectivity index (χ0) is 21.8. The van der Waals surface area contributed by atoms with Crippen LogP contribution in [0.15, 0.2) is 58.1 Å². The molecule has 2 heterocycles. The molecule has 4 rings (SSSR count). The largest absolute Gasteiger partial charge is 0.379 e. The van der Waals surface area contributed by atoms with Crippen LogP contribution in [0.5, 0.6) is 0 Å². The fraction of sp³-hybridized carbons (Fsp3) is 0.375. The van der Waals surface area contributed by atoms with Crippen LogP contribution in [0.1, 0.15) is 29.3 Å². The van der Waals surface area contributed by atoms with Crippen molar-refractivity contribution in [1.29, 1.82) is 0 Å². The molecule has 31 heavy (non-hydrogen) atoms. The Labute approximate surface area is 180 Å². The second kappa shape index (κ2) is 9.41. The summed E-state index contributed by atoms with van der Waals surface area (Å²) < 4.78 is 8.36. The summed E-state index contributed by atoms with van der Waals surface area (Å²) in [7, 11) is 0. The summed E-state index contributed by atoms with van der Waals surface area (Å²) in [5.74, 6) is 0.0887. The molecule has 0 amide bonds.